The van der Waals surface area contributed by atoms with Gasteiger partial charge in [-0.3, -0.25) is 14.8 Å². The SMILES string of the molecule is CCc1ccc(-c2ccc(C3(CC(=O)NO)CCN(C(=O)c4ccsc4)CCS3(=O)=O)s2)cc1. The first-order chi connectivity index (χ1) is 16.3. The highest BCUT2D eigenvalue weighted by Gasteiger charge is 2.49. The number of nitrogens with one attached hydrogen (secondary N) is 1. The van der Waals surface area contributed by atoms with Crippen LogP contribution in [0.15, 0.2) is 53.2 Å². The van der Waals surface area contributed by atoms with E-state index in [4.69, 9.17) is 0 Å². The fourth-order valence-electron chi connectivity index (χ4n) is 4.28. The van der Waals surface area contributed by atoms with Crippen molar-refractivity contribution in [3.05, 3.63) is 69.2 Å². The predicted molar refractivity (Wildman–Crippen MR) is 134 cm³/mol. The predicted octanol–water partition coefficient (Wildman–Crippen LogP) is 4.09. The fourth-order valence-corrected chi connectivity index (χ4v) is 8.52. The third kappa shape index (κ3) is 4.68. The average Bonchev–Trinajstić information content (AvgIpc) is 3.53. The Hall–Kier alpha value is -2.53. The molecule has 1 aliphatic heterocycles. The van der Waals surface area contributed by atoms with E-state index < -0.39 is 26.9 Å². The first kappa shape index (κ1) is 24.6. The maximum absolute atomic E-state index is 13.7. The van der Waals surface area contributed by atoms with E-state index in [1.807, 2.05) is 30.3 Å². The van der Waals surface area contributed by atoms with Gasteiger partial charge in [-0.2, -0.15) is 11.3 Å². The quantitative estimate of drug-likeness (QED) is 0.378. The van der Waals surface area contributed by atoms with Crippen LogP contribution in [0.5, 0.6) is 0 Å². The molecule has 1 atom stereocenters. The van der Waals surface area contributed by atoms with Crippen molar-refractivity contribution in [2.24, 2.45) is 0 Å². The van der Waals surface area contributed by atoms with Gasteiger partial charge in [0.05, 0.1) is 17.7 Å². The van der Waals surface area contributed by atoms with Crippen LogP contribution in [0, 0.1) is 0 Å². The molecule has 180 valence electrons. The Kier molecular flexibility index (Phi) is 7.22. The summed E-state index contributed by atoms with van der Waals surface area (Å²) in [6, 6.07) is 13.4. The topological polar surface area (TPSA) is 104 Å². The van der Waals surface area contributed by atoms with E-state index in [1.54, 1.807) is 28.4 Å². The van der Waals surface area contributed by atoms with Gasteiger partial charge in [0.15, 0.2) is 9.84 Å². The van der Waals surface area contributed by atoms with E-state index in [9.17, 15) is 23.2 Å². The van der Waals surface area contributed by atoms with Crippen LogP contribution in [-0.4, -0.2) is 49.2 Å². The summed E-state index contributed by atoms with van der Waals surface area (Å²) < 4.78 is 25.8. The average molecular weight is 519 g/mol. The molecule has 0 aliphatic carbocycles. The Morgan fingerprint density at radius 1 is 1.12 bits per heavy atom. The lowest BCUT2D eigenvalue weighted by atomic mass is 9.97. The molecule has 3 aromatic rings. The van der Waals surface area contributed by atoms with Crippen molar-refractivity contribution in [1.82, 2.24) is 10.4 Å². The Balaban J connectivity index is 1.72. The molecule has 1 saturated heterocycles. The highest BCUT2D eigenvalue weighted by atomic mass is 32.2. The minimum atomic E-state index is -3.85. The molecule has 1 aliphatic rings. The molecule has 2 amide bonds. The minimum Gasteiger partial charge on any atom is -0.338 e. The molecule has 0 spiro atoms. The van der Waals surface area contributed by atoms with Gasteiger partial charge in [-0.15, -0.1) is 11.3 Å². The number of nitrogens with zero attached hydrogens (tertiary/aromatic N) is 1. The molecule has 0 saturated carbocycles. The third-order valence-corrected chi connectivity index (χ3v) is 11.0. The monoisotopic (exact) mass is 518 g/mol. The second kappa shape index (κ2) is 9.99. The summed E-state index contributed by atoms with van der Waals surface area (Å²) in [5.74, 6) is -1.26. The van der Waals surface area contributed by atoms with Crippen molar-refractivity contribution in [3.63, 3.8) is 0 Å². The van der Waals surface area contributed by atoms with Crippen LogP contribution in [0.4, 0.5) is 0 Å². The van der Waals surface area contributed by atoms with Gasteiger partial charge in [0.2, 0.25) is 5.91 Å². The van der Waals surface area contributed by atoms with E-state index in [-0.39, 0.29) is 31.2 Å². The van der Waals surface area contributed by atoms with E-state index in [0.29, 0.717) is 10.4 Å². The second-order valence-corrected chi connectivity index (χ2v) is 12.6. The Morgan fingerprint density at radius 2 is 1.88 bits per heavy atom. The number of benzene rings is 1. The number of hydrogen-bond donors (Lipinski definition) is 2. The summed E-state index contributed by atoms with van der Waals surface area (Å²) >= 11 is 2.74. The molecule has 2 aromatic heterocycles. The number of carbonyl (C=O) groups excluding carboxylic acids is 2. The zero-order chi connectivity index (χ0) is 24.3. The highest BCUT2D eigenvalue weighted by molar-refractivity contribution is 7.92. The van der Waals surface area contributed by atoms with Crippen LogP contribution in [0.2, 0.25) is 0 Å². The van der Waals surface area contributed by atoms with Crippen LogP contribution in [0.25, 0.3) is 10.4 Å². The molecular formula is C24H26N2O5S3. The molecule has 1 aromatic carbocycles. The van der Waals surface area contributed by atoms with Crippen LogP contribution in [-0.2, 0) is 25.8 Å². The molecule has 3 heterocycles. The molecule has 34 heavy (non-hydrogen) atoms. The normalized spacial score (nSPS) is 20.0. The Bertz CT molecular complexity index is 1270. The van der Waals surface area contributed by atoms with Gasteiger partial charge in [0.25, 0.3) is 5.91 Å². The first-order valence-electron chi connectivity index (χ1n) is 11.0. The van der Waals surface area contributed by atoms with Gasteiger partial charge >= 0.3 is 0 Å². The van der Waals surface area contributed by atoms with Crippen molar-refractivity contribution in [1.29, 1.82) is 0 Å². The van der Waals surface area contributed by atoms with E-state index in [2.05, 4.69) is 6.92 Å². The van der Waals surface area contributed by atoms with Crippen molar-refractivity contribution >= 4 is 44.3 Å². The van der Waals surface area contributed by atoms with Gasteiger partial charge < -0.3 is 4.90 Å². The van der Waals surface area contributed by atoms with Gasteiger partial charge in [0, 0.05) is 28.2 Å². The van der Waals surface area contributed by atoms with Crippen molar-refractivity contribution in [2.45, 2.75) is 30.9 Å². The Morgan fingerprint density at radius 3 is 2.53 bits per heavy atom. The Labute approximate surface area is 206 Å². The van der Waals surface area contributed by atoms with Gasteiger partial charge in [-0.05, 0) is 47.5 Å². The van der Waals surface area contributed by atoms with E-state index >= 15 is 0 Å². The van der Waals surface area contributed by atoms with Crippen molar-refractivity contribution in [3.8, 4) is 10.4 Å². The zero-order valence-electron chi connectivity index (χ0n) is 18.7. The van der Waals surface area contributed by atoms with Crippen LogP contribution in [0.3, 0.4) is 0 Å². The number of aryl methyl sites for hydroxylation is 1. The summed E-state index contributed by atoms with van der Waals surface area (Å²) in [7, 11) is -3.85. The number of rotatable bonds is 6. The molecule has 1 fully saturated rings. The fraction of sp³-hybridized carbons (Fsp3) is 0.333. The smallest absolute Gasteiger partial charge is 0.254 e. The van der Waals surface area contributed by atoms with Crippen LogP contribution >= 0.6 is 22.7 Å². The lowest BCUT2D eigenvalue weighted by Gasteiger charge is -2.30. The summed E-state index contributed by atoms with van der Waals surface area (Å²) in [6.07, 6.45) is 0.572. The molecule has 7 nitrogen and oxygen atoms in total. The molecular weight excluding hydrogens is 492 g/mol. The van der Waals surface area contributed by atoms with Gasteiger partial charge in [0.1, 0.15) is 4.75 Å². The van der Waals surface area contributed by atoms with Gasteiger partial charge in [-0.25, -0.2) is 13.9 Å². The molecule has 1 unspecified atom stereocenters. The summed E-state index contributed by atoms with van der Waals surface area (Å²) in [4.78, 5) is 28.2. The number of hydroxylamine groups is 1. The van der Waals surface area contributed by atoms with Gasteiger partial charge in [-0.1, -0.05) is 31.2 Å². The minimum absolute atomic E-state index is 0.0518. The summed E-state index contributed by atoms with van der Waals surface area (Å²) in [6.45, 7) is 2.32. The maximum atomic E-state index is 13.7. The number of amides is 2. The van der Waals surface area contributed by atoms with Crippen molar-refractivity contribution in [2.75, 3.05) is 18.8 Å². The molecule has 0 radical (unpaired) electrons. The highest BCUT2D eigenvalue weighted by Crippen LogP contribution is 2.45. The summed E-state index contributed by atoms with van der Waals surface area (Å²) in [5.41, 5.74) is 4.29. The standard InChI is InChI=1S/C24H26N2O5S3/c1-2-17-3-5-18(6-4-17)20-7-8-21(33-20)24(15-22(27)25-29)10-11-26(12-14-34(24,30)31)23(28)19-9-13-32-16-19/h3-9,13,16,29H,2,10-12,14-15H2,1H3,(H,25,27). The molecule has 4 rings (SSSR count). The largest absolute Gasteiger partial charge is 0.338 e. The molecule has 0 bridgehead atoms. The maximum Gasteiger partial charge on any atom is 0.254 e. The number of sulfone groups is 1. The summed E-state index contributed by atoms with van der Waals surface area (Å²) in [5, 5.41) is 12.8. The molecule has 2 N–H and O–H groups in total. The van der Waals surface area contributed by atoms with E-state index in [1.165, 1.54) is 33.1 Å². The van der Waals surface area contributed by atoms with Crippen LogP contribution < -0.4 is 5.48 Å². The zero-order valence-corrected chi connectivity index (χ0v) is 21.1. The first-order valence-corrected chi connectivity index (χ1v) is 14.4. The number of carbonyl (C=O) groups is 2. The second-order valence-electron chi connectivity index (χ2n) is 8.29. The third-order valence-electron chi connectivity index (χ3n) is 6.34. The number of hydrogen-bond acceptors (Lipinski definition) is 7. The number of thiophene rings is 2. The van der Waals surface area contributed by atoms with Crippen LogP contribution in [0.1, 0.15) is 40.6 Å². The lowest BCUT2D eigenvalue weighted by Crippen LogP contribution is -2.41. The van der Waals surface area contributed by atoms with E-state index in [0.717, 1.165) is 16.9 Å². The van der Waals surface area contributed by atoms with Crippen molar-refractivity contribution < 1.29 is 23.2 Å². The lowest BCUT2D eigenvalue weighted by molar-refractivity contribution is -0.129. The molecule has 10 heteroatoms.